The number of nitrogens with one attached hydrogen (secondary N) is 1. The molecule has 1 amide bonds. The SMILES string of the molecule is CCOC(=O)OC[C@H]1O[C@@H](c2ccc(Cl)c(Cc3ccc(OCCCC(C)(C)NCC(=O)N4CCC[C@H]4C#N)cc3)c2)[C@H](O)[C@@H](O)[C@@H]1O. The van der Waals surface area contributed by atoms with Crippen molar-refractivity contribution >= 4 is 23.7 Å². The Labute approximate surface area is 286 Å². The fourth-order valence-corrected chi connectivity index (χ4v) is 6.10. The maximum absolute atomic E-state index is 12.6. The van der Waals surface area contributed by atoms with Gasteiger partial charge in [0.1, 0.15) is 48.9 Å². The summed E-state index contributed by atoms with van der Waals surface area (Å²) in [6.45, 7) is 6.82. The maximum Gasteiger partial charge on any atom is 0.508 e. The number of halogens is 1. The third kappa shape index (κ3) is 10.0. The first-order valence-electron chi connectivity index (χ1n) is 16.4. The molecule has 0 unspecified atom stereocenters. The quantitative estimate of drug-likeness (QED) is 0.169. The molecular weight excluding hydrogens is 642 g/mol. The lowest BCUT2D eigenvalue weighted by Gasteiger charge is -2.40. The standard InChI is InChI=1S/C35H46ClN3O9/c1-4-45-34(44)47-21-28-30(41)31(42)32(43)33(48-28)23-10-13-27(36)24(18-23)17-22-8-11-26(12-9-22)46-16-6-14-35(2,3)38-20-29(40)39-15-5-7-25(39)19-37/h8-13,18,25,28,30-33,38,41-43H,4-7,14-17,20-21H2,1-3H3/t25-,28+,30+,31-,32+,33-/m0/s1. The van der Waals surface area contributed by atoms with Crippen molar-refractivity contribution < 1.29 is 43.9 Å². The van der Waals surface area contributed by atoms with Crippen molar-refractivity contribution in [2.45, 2.75) is 95.0 Å². The minimum absolute atomic E-state index is 0.0402. The molecule has 2 aromatic carbocycles. The molecule has 0 aliphatic carbocycles. The number of carbonyl (C=O) groups is 2. The van der Waals surface area contributed by atoms with Crippen molar-refractivity contribution in [1.82, 2.24) is 10.2 Å². The van der Waals surface area contributed by atoms with Crippen molar-refractivity contribution in [2.24, 2.45) is 0 Å². The lowest BCUT2D eigenvalue weighted by Crippen LogP contribution is -2.55. The van der Waals surface area contributed by atoms with E-state index in [1.54, 1.807) is 30.0 Å². The Morgan fingerprint density at radius 2 is 1.85 bits per heavy atom. The van der Waals surface area contributed by atoms with E-state index in [1.165, 1.54) is 0 Å². The summed E-state index contributed by atoms with van der Waals surface area (Å²) in [5, 5.41) is 44.7. The van der Waals surface area contributed by atoms with Crippen LogP contribution in [-0.4, -0.2) is 101 Å². The molecule has 2 aromatic rings. The Kier molecular flexibility index (Phi) is 13.5. The Morgan fingerprint density at radius 1 is 1.10 bits per heavy atom. The van der Waals surface area contributed by atoms with E-state index in [-0.39, 0.29) is 37.2 Å². The number of benzene rings is 2. The number of likely N-dealkylation sites (tertiary alicyclic amines) is 1. The van der Waals surface area contributed by atoms with E-state index in [0.29, 0.717) is 30.2 Å². The minimum atomic E-state index is -1.53. The molecule has 12 nitrogen and oxygen atoms in total. The maximum atomic E-state index is 12.6. The van der Waals surface area contributed by atoms with Crippen molar-refractivity contribution in [2.75, 3.05) is 32.9 Å². The molecule has 13 heteroatoms. The summed E-state index contributed by atoms with van der Waals surface area (Å²) in [5.41, 5.74) is 2.00. The highest BCUT2D eigenvalue weighted by atomic mass is 35.5. The molecule has 48 heavy (non-hydrogen) atoms. The van der Waals surface area contributed by atoms with Gasteiger partial charge in [-0.05, 0) is 87.8 Å². The normalized spacial score (nSPS) is 24.2. The van der Waals surface area contributed by atoms with Gasteiger partial charge >= 0.3 is 6.16 Å². The smallest absolute Gasteiger partial charge is 0.494 e. The van der Waals surface area contributed by atoms with E-state index in [1.807, 2.05) is 38.1 Å². The zero-order valence-corrected chi connectivity index (χ0v) is 28.4. The predicted octanol–water partition coefficient (Wildman–Crippen LogP) is 3.67. The Hall–Kier alpha value is -3.44. The summed E-state index contributed by atoms with van der Waals surface area (Å²) < 4.78 is 21.6. The van der Waals surface area contributed by atoms with Gasteiger partial charge < -0.3 is 44.5 Å². The van der Waals surface area contributed by atoms with Crippen molar-refractivity contribution in [3.8, 4) is 11.8 Å². The third-order valence-corrected chi connectivity index (χ3v) is 9.08. The first kappa shape index (κ1) is 37.4. The van der Waals surface area contributed by atoms with Crippen LogP contribution in [0.25, 0.3) is 0 Å². The second-order valence-corrected chi connectivity index (χ2v) is 13.2. The lowest BCUT2D eigenvalue weighted by atomic mass is 9.90. The Bertz CT molecular complexity index is 1420. The Morgan fingerprint density at radius 3 is 2.56 bits per heavy atom. The molecule has 2 aliphatic rings. The van der Waals surface area contributed by atoms with Crippen LogP contribution in [0, 0.1) is 11.3 Å². The van der Waals surface area contributed by atoms with Crippen LogP contribution >= 0.6 is 11.6 Å². The molecule has 2 saturated heterocycles. The van der Waals surface area contributed by atoms with E-state index in [2.05, 4.69) is 11.4 Å². The van der Waals surface area contributed by atoms with Gasteiger partial charge in [-0.3, -0.25) is 4.79 Å². The number of rotatable bonds is 14. The van der Waals surface area contributed by atoms with Crippen LogP contribution in [0.3, 0.4) is 0 Å². The van der Waals surface area contributed by atoms with Gasteiger partial charge in [0.2, 0.25) is 5.91 Å². The first-order valence-corrected chi connectivity index (χ1v) is 16.7. The van der Waals surface area contributed by atoms with Crippen LogP contribution in [0.15, 0.2) is 42.5 Å². The molecule has 0 bridgehead atoms. The van der Waals surface area contributed by atoms with Crippen LogP contribution in [0.1, 0.15) is 69.2 Å². The largest absolute Gasteiger partial charge is 0.508 e. The van der Waals surface area contributed by atoms with Crippen LogP contribution in [0.5, 0.6) is 5.75 Å². The topological polar surface area (TPSA) is 171 Å². The number of aliphatic hydroxyl groups is 3. The number of ether oxygens (including phenoxy) is 4. The number of hydrogen-bond acceptors (Lipinski definition) is 11. The number of nitrogens with zero attached hydrogens (tertiary/aromatic N) is 2. The molecule has 0 radical (unpaired) electrons. The van der Waals surface area contributed by atoms with Gasteiger partial charge in [-0.25, -0.2) is 4.79 Å². The van der Waals surface area contributed by atoms with E-state index in [9.17, 15) is 30.2 Å². The van der Waals surface area contributed by atoms with Crippen molar-refractivity contribution in [3.63, 3.8) is 0 Å². The molecule has 0 aromatic heterocycles. The lowest BCUT2D eigenvalue weighted by molar-refractivity contribution is -0.232. The summed E-state index contributed by atoms with van der Waals surface area (Å²) in [5.74, 6) is 0.681. The zero-order valence-electron chi connectivity index (χ0n) is 27.6. The molecule has 4 N–H and O–H groups in total. The van der Waals surface area contributed by atoms with Crippen LogP contribution in [0.2, 0.25) is 5.02 Å². The molecule has 0 saturated carbocycles. The fraction of sp³-hybridized carbons (Fsp3) is 0.571. The second-order valence-electron chi connectivity index (χ2n) is 12.8. The fourth-order valence-electron chi connectivity index (χ4n) is 5.91. The molecule has 4 rings (SSSR count). The first-order chi connectivity index (χ1) is 22.9. The molecule has 2 heterocycles. The van der Waals surface area contributed by atoms with Gasteiger partial charge in [0, 0.05) is 17.1 Å². The monoisotopic (exact) mass is 687 g/mol. The third-order valence-electron chi connectivity index (χ3n) is 8.71. The second kappa shape index (κ2) is 17.3. The molecule has 6 atom stereocenters. The summed E-state index contributed by atoms with van der Waals surface area (Å²) >= 11 is 6.53. The van der Waals surface area contributed by atoms with Gasteiger partial charge in [0.05, 0.1) is 25.8 Å². The van der Waals surface area contributed by atoms with Gasteiger partial charge in [0.15, 0.2) is 0 Å². The van der Waals surface area contributed by atoms with E-state index in [0.717, 1.165) is 42.6 Å². The summed E-state index contributed by atoms with van der Waals surface area (Å²) in [7, 11) is 0. The molecule has 0 spiro atoms. The van der Waals surface area contributed by atoms with Gasteiger partial charge in [-0.1, -0.05) is 35.9 Å². The summed E-state index contributed by atoms with van der Waals surface area (Å²) in [6.07, 6.45) is -3.81. The van der Waals surface area contributed by atoms with Crippen LogP contribution in [-0.2, 0) is 25.4 Å². The highest BCUT2D eigenvalue weighted by Crippen LogP contribution is 2.35. The van der Waals surface area contributed by atoms with Crippen LogP contribution < -0.4 is 10.1 Å². The number of nitriles is 1. The number of hydrogen-bond donors (Lipinski definition) is 4. The zero-order chi connectivity index (χ0) is 34.8. The average Bonchev–Trinajstić information content (AvgIpc) is 3.56. The van der Waals surface area contributed by atoms with E-state index >= 15 is 0 Å². The van der Waals surface area contributed by atoms with E-state index in [4.69, 9.17) is 30.5 Å². The Balaban J connectivity index is 1.27. The van der Waals surface area contributed by atoms with Crippen molar-refractivity contribution in [1.29, 1.82) is 5.26 Å². The number of carbonyl (C=O) groups excluding carboxylic acids is 2. The van der Waals surface area contributed by atoms with Crippen LogP contribution in [0.4, 0.5) is 4.79 Å². The summed E-state index contributed by atoms with van der Waals surface area (Å²) in [6, 6.07) is 14.7. The highest BCUT2D eigenvalue weighted by molar-refractivity contribution is 6.31. The molecule has 2 aliphatic heterocycles. The molecule has 262 valence electrons. The predicted molar refractivity (Wildman–Crippen MR) is 176 cm³/mol. The van der Waals surface area contributed by atoms with Gasteiger partial charge in [-0.15, -0.1) is 0 Å². The van der Waals surface area contributed by atoms with E-state index < -0.39 is 36.7 Å². The van der Waals surface area contributed by atoms with Crippen molar-refractivity contribution in [3.05, 3.63) is 64.2 Å². The number of aliphatic hydroxyl groups excluding tert-OH is 3. The molecule has 2 fully saturated rings. The minimum Gasteiger partial charge on any atom is -0.494 e. The average molecular weight is 688 g/mol. The summed E-state index contributed by atoms with van der Waals surface area (Å²) in [4.78, 5) is 25.8. The molecular formula is C35H46ClN3O9. The van der Waals surface area contributed by atoms with Gasteiger partial charge in [0.25, 0.3) is 0 Å². The number of amides is 1. The highest BCUT2D eigenvalue weighted by Gasteiger charge is 2.45. The van der Waals surface area contributed by atoms with Gasteiger partial charge in [-0.2, -0.15) is 5.26 Å².